The first-order valence-corrected chi connectivity index (χ1v) is 5.99. The average molecular weight is 265 g/mol. The smallest absolute Gasteiger partial charge is 0.306 e. The highest BCUT2D eigenvalue weighted by molar-refractivity contribution is 5.70. The molecule has 1 unspecified atom stereocenters. The fourth-order valence-corrected chi connectivity index (χ4v) is 2.09. The quantitative estimate of drug-likeness (QED) is 0.653. The second-order valence-electron chi connectivity index (χ2n) is 4.88. The largest absolute Gasteiger partial charge is 0.481 e. The number of carboxylic acids is 1. The van der Waals surface area contributed by atoms with Gasteiger partial charge in [0.15, 0.2) is 0 Å². The molecule has 1 aliphatic heterocycles. The highest BCUT2D eigenvalue weighted by atomic mass is 16.6. The molecule has 1 aromatic heterocycles. The van der Waals surface area contributed by atoms with Gasteiger partial charge in [-0.2, -0.15) is 0 Å². The molecule has 2 heterocycles. The van der Waals surface area contributed by atoms with Gasteiger partial charge in [0.05, 0.1) is 16.9 Å². The summed E-state index contributed by atoms with van der Waals surface area (Å²) in [4.78, 5) is 27.3. The first-order chi connectivity index (χ1) is 8.90. The zero-order chi connectivity index (χ0) is 14.2. The van der Waals surface area contributed by atoms with Crippen molar-refractivity contribution in [3.63, 3.8) is 0 Å². The topological polar surface area (TPSA) is 96.6 Å². The Morgan fingerprint density at radius 2 is 2.26 bits per heavy atom. The van der Waals surface area contributed by atoms with Crippen LogP contribution in [0.15, 0.2) is 12.3 Å². The Hall–Kier alpha value is -2.18. The fourth-order valence-electron chi connectivity index (χ4n) is 2.09. The number of anilines is 1. The van der Waals surface area contributed by atoms with E-state index < -0.39 is 16.8 Å². The molecule has 7 heteroatoms. The summed E-state index contributed by atoms with van der Waals surface area (Å²) in [5, 5.41) is 19.8. The molecular weight excluding hydrogens is 250 g/mol. The van der Waals surface area contributed by atoms with E-state index in [9.17, 15) is 14.9 Å². The van der Waals surface area contributed by atoms with Crippen molar-refractivity contribution in [2.24, 2.45) is 11.8 Å². The normalized spacial score (nSPS) is 16.8. The Bertz CT molecular complexity index is 526. The van der Waals surface area contributed by atoms with Crippen LogP contribution in [0, 0.1) is 28.9 Å². The van der Waals surface area contributed by atoms with E-state index in [1.54, 1.807) is 13.8 Å². The van der Waals surface area contributed by atoms with Gasteiger partial charge in [0.2, 0.25) is 0 Å². The molecular formula is C12H15N3O4. The number of aryl methyl sites for hydroxylation is 1. The molecule has 19 heavy (non-hydrogen) atoms. The number of hydrogen-bond acceptors (Lipinski definition) is 5. The monoisotopic (exact) mass is 265 g/mol. The zero-order valence-electron chi connectivity index (χ0n) is 10.7. The molecule has 0 bridgehead atoms. The van der Waals surface area contributed by atoms with Crippen molar-refractivity contribution in [3.8, 4) is 0 Å². The van der Waals surface area contributed by atoms with Crippen molar-refractivity contribution in [2.45, 2.75) is 13.8 Å². The number of nitro groups is 1. The summed E-state index contributed by atoms with van der Waals surface area (Å²) in [7, 11) is 0. The molecule has 1 aromatic rings. The summed E-state index contributed by atoms with van der Waals surface area (Å²) in [5.41, 5.74) is 0.560. The van der Waals surface area contributed by atoms with Crippen LogP contribution in [0.4, 0.5) is 11.5 Å². The van der Waals surface area contributed by atoms with Gasteiger partial charge in [-0.25, -0.2) is 4.98 Å². The maximum atomic E-state index is 10.8. The molecule has 1 N–H and O–H groups in total. The van der Waals surface area contributed by atoms with Crippen LogP contribution in [0.3, 0.4) is 0 Å². The predicted octanol–water partition coefficient (Wildman–Crippen LogP) is 1.46. The third kappa shape index (κ3) is 2.49. The van der Waals surface area contributed by atoms with E-state index >= 15 is 0 Å². The Morgan fingerprint density at radius 3 is 2.79 bits per heavy atom. The van der Waals surface area contributed by atoms with Crippen LogP contribution in [0.1, 0.15) is 12.5 Å². The van der Waals surface area contributed by atoms with E-state index in [-0.39, 0.29) is 11.6 Å². The summed E-state index contributed by atoms with van der Waals surface area (Å²) < 4.78 is 0. The van der Waals surface area contributed by atoms with Crippen molar-refractivity contribution in [1.82, 2.24) is 4.98 Å². The Morgan fingerprint density at radius 1 is 1.63 bits per heavy atom. The average Bonchev–Trinajstić information content (AvgIpc) is 2.28. The number of nitrogens with zero attached hydrogens (tertiary/aromatic N) is 3. The first-order valence-electron chi connectivity index (χ1n) is 5.99. The maximum Gasteiger partial charge on any atom is 0.306 e. The first kappa shape index (κ1) is 13.3. The molecule has 1 fully saturated rings. The van der Waals surface area contributed by atoms with Crippen molar-refractivity contribution in [3.05, 3.63) is 27.9 Å². The molecule has 1 saturated heterocycles. The molecule has 1 atom stereocenters. The number of pyridine rings is 1. The van der Waals surface area contributed by atoms with E-state index in [2.05, 4.69) is 4.98 Å². The van der Waals surface area contributed by atoms with Gasteiger partial charge in [-0.1, -0.05) is 6.92 Å². The van der Waals surface area contributed by atoms with Gasteiger partial charge >= 0.3 is 5.97 Å². The lowest BCUT2D eigenvalue weighted by Crippen LogP contribution is -2.51. The number of aliphatic carboxylic acids is 1. The minimum absolute atomic E-state index is 0.0414. The van der Waals surface area contributed by atoms with Gasteiger partial charge in [-0.15, -0.1) is 0 Å². The van der Waals surface area contributed by atoms with Crippen LogP contribution in [0.5, 0.6) is 0 Å². The third-order valence-electron chi connectivity index (χ3n) is 3.59. The molecule has 102 valence electrons. The Balaban J connectivity index is 2.08. The maximum absolute atomic E-state index is 10.8. The Kier molecular flexibility index (Phi) is 3.37. The summed E-state index contributed by atoms with van der Waals surface area (Å²) in [5.74, 6) is -0.616. The van der Waals surface area contributed by atoms with Gasteiger partial charge in [0.25, 0.3) is 5.69 Å². The predicted molar refractivity (Wildman–Crippen MR) is 68.1 cm³/mol. The lowest BCUT2D eigenvalue weighted by Gasteiger charge is -2.41. The molecule has 0 aliphatic carbocycles. The molecule has 2 rings (SSSR count). The van der Waals surface area contributed by atoms with Gasteiger partial charge < -0.3 is 10.0 Å². The molecule has 0 amide bonds. The fraction of sp³-hybridized carbons (Fsp3) is 0.500. The van der Waals surface area contributed by atoms with Crippen LogP contribution in [0.2, 0.25) is 0 Å². The standard InChI is InChI=1S/C12H15N3O4/c1-7-4-13-11(3-10(7)15(18)19)14-5-9(6-14)8(2)12(16)17/h3-4,8-9H,5-6H2,1-2H3,(H,16,17). The molecule has 7 nitrogen and oxygen atoms in total. The molecule has 0 aromatic carbocycles. The number of rotatable bonds is 4. The van der Waals surface area contributed by atoms with Crippen molar-refractivity contribution in [1.29, 1.82) is 0 Å². The lowest BCUT2D eigenvalue weighted by atomic mass is 9.87. The number of aromatic nitrogens is 1. The summed E-state index contributed by atoms with van der Waals surface area (Å²) in [6, 6.07) is 1.44. The lowest BCUT2D eigenvalue weighted by molar-refractivity contribution is -0.385. The van der Waals surface area contributed by atoms with Crippen molar-refractivity contribution in [2.75, 3.05) is 18.0 Å². The number of carbonyl (C=O) groups is 1. The van der Waals surface area contributed by atoms with E-state index in [0.29, 0.717) is 24.5 Å². The molecule has 0 radical (unpaired) electrons. The SMILES string of the molecule is Cc1cnc(N2CC(C(C)C(=O)O)C2)cc1[N+](=O)[O-]. The van der Waals surface area contributed by atoms with Gasteiger partial charge in [0.1, 0.15) is 5.82 Å². The van der Waals surface area contributed by atoms with E-state index in [4.69, 9.17) is 5.11 Å². The number of hydrogen-bond donors (Lipinski definition) is 1. The highest BCUT2D eigenvalue weighted by Crippen LogP contribution is 2.30. The van der Waals surface area contributed by atoms with Crippen LogP contribution < -0.4 is 4.90 Å². The second-order valence-corrected chi connectivity index (χ2v) is 4.88. The zero-order valence-corrected chi connectivity index (χ0v) is 10.7. The Labute approximate surface area is 110 Å². The molecule has 0 saturated carbocycles. The minimum atomic E-state index is -0.813. The third-order valence-corrected chi connectivity index (χ3v) is 3.59. The highest BCUT2D eigenvalue weighted by Gasteiger charge is 2.35. The number of carboxylic acid groups (broad SMARTS) is 1. The van der Waals surface area contributed by atoms with E-state index in [1.807, 2.05) is 4.90 Å². The van der Waals surface area contributed by atoms with Crippen LogP contribution in [-0.2, 0) is 4.79 Å². The van der Waals surface area contributed by atoms with Crippen LogP contribution >= 0.6 is 0 Å². The van der Waals surface area contributed by atoms with Crippen molar-refractivity contribution < 1.29 is 14.8 Å². The van der Waals surface area contributed by atoms with E-state index in [0.717, 1.165) is 0 Å². The van der Waals surface area contributed by atoms with Crippen LogP contribution in [0.25, 0.3) is 0 Å². The van der Waals surface area contributed by atoms with E-state index in [1.165, 1.54) is 12.3 Å². The van der Waals surface area contributed by atoms with Gasteiger partial charge in [-0.3, -0.25) is 14.9 Å². The minimum Gasteiger partial charge on any atom is -0.481 e. The molecule has 0 spiro atoms. The van der Waals surface area contributed by atoms with Gasteiger partial charge in [0, 0.05) is 30.8 Å². The van der Waals surface area contributed by atoms with Gasteiger partial charge in [-0.05, 0) is 6.92 Å². The summed E-state index contributed by atoms with van der Waals surface area (Å²) >= 11 is 0. The van der Waals surface area contributed by atoms with Crippen molar-refractivity contribution >= 4 is 17.5 Å². The van der Waals surface area contributed by atoms with Crippen LogP contribution in [-0.4, -0.2) is 34.1 Å². The summed E-state index contributed by atoms with van der Waals surface area (Å²) in [6.45, 7) is 4.46. The second kappa shape index (κ2) is 4.83. The molecule has 1 aliphatic rings. The summed E-state index contributed by atoms with van der Waals surface area (Å²) in [6.07, 6.45) is 1.47.